The Bertz CT molecular complexity index is 634. The maximum Gasteiger partial charge on any atom is 0.460 e. The van der Waals surface area contributed by atoms with Gasteiger partial charge in [-0.1, -0.05) is 12.1 Å². The van der Waals surface area contributed by atoms with Crippen molar-refractivity contribution in [2.45, 2.75) is 25.8 Å². The number of methoxy groups -OCH3 is 1. The van der Waals surface area contributed by atoms with Gasteiger partial charge in [-0.25, -0.2) is 4.79 Å². The van der Waals surface area contributed by atoms with Crippen molar-refractivity contribution >= 4 is 12.0 Å². The van der Waals surface area contributed by atoms with Crippen LogP contribution in [0.4, 0.5) is 13.2 Å². The summed E-state index contributed by atoms with van der Waals surface area (Å²) in [6, 6.07) is 3.25. The van der Waals surface area contributed by atoms with Crippen LogP contribution in [0, 0.1) is 13.8 Å². The van der Waals surface area contributed by atoms with Gasteiger partial charge in [0.15, 0.2) is 0 Å². The molecule has 21 heavy (non-hydrogen) atoms. The number of carbonyl (C=O) groups excluding carboxylic acids is 1. The molecule has 1 aliphatic heterocycles. The minimum absolute atomic E-state index is 0.109. The van der Waals surface area contributed by atoms with E-state index in [2.05, 4.69) is 4.74 Å². The number of benzene rings is 1. The number of hydrogen-bond acceptors (Lipinski definition) is 4. The summed E-state index contributed by atoms with van der Waals surface area (Å²) in [5.74, 6) is -5.14. The summed E-state index contributed by atoms with van der Waals surface area (Å²) in [5.41, 5.74) is 0.336. The number of carbonyl (C=O) groups is 1. The summed E-state index contributed by atoms with van der Waals surface area (Å²) in [5, 5.41) is 9.91. The third-order valence-corrected chi connectivity index (χ3v) is 3.30. The van der Waals surface area contributed by atoms with Crippen LogP contribution in [0.3, 0.4) is 0 Å². The number of alkyl halides is 3. The third kappa shape index (κ3) is 2.27. The fourth-order valence-corrected chi connectivity index (χ4v) is 2.08. The van der Waals surface area contributed by atoms with Crippen LogP contribution in [-0.2, 0) is 9.53 Å². The molecule has 4 nitrogen and oxygen atoms in total. The number of aryl methyl sites for hydroxylation is 2. The van der Waals surface area contributed by atoms with Crippen molar-refractivity contribution in [3.05, 3.63) is 34.4 Å². The monoisotopic (exact) mass is 302 g/mol. The molecule has 1 unspecified atom stereocenters. The SMILES string of the molecule is COC(=O)C1=Cc2c(C)ccc(C)c2OC1(O)C(F)(F)F. The Balaban J connectivity index is 2.74. The highest BCUT2D eigenvalue weighted by atomic mass is 19.4. The summed E-state index contributed by atoms with van der Waals surface area (Å²) in [7, 11) is 0.929. The second-order valence-electron chi connectivity index (χ2n) is 4.74. The van der Waals surface area contributed by atoms with Crippen LogP contribution in [0.15, 0.2) is 17.7 Å². The predicted octanol–water partition coefficient (Wildman–Crippen LogP) is 2.50. The van der Waals surface area contributed by atoms with E-state index in [1.165, 1.54) is 0 Å². The third-order valence-electron chi connectivity index (χ3n) is 3.30. The molecule has 0 saturated heterocycles. The van der Waals surface area contributed by atoms with Crippen LogP contribution in [0.2, 0.25) is 0 Å². The zero-order valence-electron chi connectivity index (χ0n) is 11.5. The molecule has 0 amide bonds. The maximum absolute atomic E-state index is 13.2. The lowest BCUT2D eigenvalue weighted by atomic mass is 9.94. The van der Waals surface area contributed by atoms with Gasteiger partial charge in [-0.05, 0) is 31.1 Å². The smallest absolute Gasteiger partial charge is 0.460 e. The van der Waals surface area contributed by atoms with Gasteiger partial charge in [0.2, 0.25) is 0 Å². The summed E-state index contributed by atoms with van der Waals surface area (Å²) >= 11 is 0. The first kappa shape index (κ1) is 15.4. The molecule has 1 heterocycles. The molecule has 0 spiro atoms. The zero-order valence-corrected chi connectivity index (χ0v) is 11.5. The quantitative estimate of drug-likeness (QED) is 0.810. The van der Waals surface area contributed by atoms with Crippen molar-refractivity contribution in [2.75, 3.05) is 7.11 Å². The molecular formula is C14H13F3O4. The van der Waals surface area contributed by atoms with Gasteiger partial charge in [-0.2, -0.15) is 13.2 Å². The minimum Gasteiger partial charge on any atom is -0.465 e. The Morgan fingerprint density at radius 2 is 1.86 bits per heavy atom. The minimum atomic E-state index is -5.19. The van der Waals surface area contributed by atoms with E-state index >= 15 is 0 Å². The van der Waals surface area contributed by atoms with Gasteiger partial charge in [0.25, 0.3) is 0 Å². The van der Waals surface area contributed by atoms with Crippen LogP contribution in [-0.4, -0.2) is 30.1 Å². The molecule has 0 saturated carbocycles. The number of ether oxygens (including phenoxy) is 2. The molecule has 0 aliphatic carbocycles. The molecular weight excluding hydrogens is 289 g/mol. The number of rotatable bonds is 1. The largest absolute Gasteiger partial charge is 0.465 e. The summed E-state index contributed by atoms with van der Waals surface area (Å²) in [4.78, 5) is 11.6. The van der Waals surface area contributed by atoms with E-state index in [0.29, 0.717) is 16.7 Å². The van der Waals surface area contributed by atoms with Gasteiger partial charge >= 0.3 is 17.9 Å². The Hall–Kier alpha value is -2.02. The van der Waals surface area contributed by atoms with Crippen molar-refractivity contribution in [1.82, 2.24) is 0 Å². The fraction of sp³-hybridized carbons (Fsp3) is 0.357. The van der Waals surface area contributed by atoms with E-state index in [4.69, 9.17) is 4.74 Å². The van der Waals surface area contributed by atoms with E-state index in [1.54, 1.807) is 26.0 Å². The number of halogens is 3. The standard InChI is InChI=1S/C14H13F3O4/c1-7-4-5-8(2)11-9(7)6-10(12(18)20-3)13(19,21-11)14(15,16)17/h4-6,19H,1-3H3. The summed E-state index contributed by atoms with van der Waals surface area (Å²) in [6.45, 7) is 3.21. The van der Waals surface area contributed by atoms with Crippen LogP contribution in [0.25, 0.3) is 6.08 Å². The van der Waals surface area contributed by atoms with E-state index in [0.717, 1.165) is 13.2 Å². The van der Waals surface area contributed by atoms with Crippen molar-refractivity contribution in [2.24, 2.45) is 0 Å². The highest BCUT2D eigenvalue weighted by Gasteiger charge is 2.63. The maximum atomic E-state index is 13.2. The molecule has 1 N–H and O–H groups in total. The first-order valence-corrected chi connectivity index (χ1v) is 6.00. The van der Waals surface area contributed by atoms with Crippen molar-refractivity contribution < 1.29 is 32.5 Å². The molecule has 1 aliphatic rings. The Morgan fingerprint density at radius 3 is 2.38 bits per heavy atom. The fourth-order valence-electron chi connectivity index (χ4n) is 2.08. The highest BCUT2D eigenvalue weighted by Crippen LogP contribution is 2.45. The Kier molecular flexibility index (Phi) is 3.49. The molecule has 0 fully saturated rings. The van der Waals surface area contributed by atoms with E-state index in [-0.39, 0.29) is 5.75 Å². The summed E-state index contributed by atoms with van der Waals surface area (Å²) in [6.07, 6.45) is -4.23. The van der Waals surface area contributed by atoms with Gasteiger partial charge in [-0.15, -0.1) is 0 Å². The highest BCUT2D eigenvalue weighted by molar-refractivity contribution is 5.97. The van der Waals surface area contributed by atoms with Crippen LogP contribution < -0.4 is 4.74 Å². The molecule has 1 aromatic carbocycles. The van der Waals surface area contributed by atoms with E-state index in [1.807, 2.05) is 0 Å². The van der Waals surface area contributed by atoms with Gasteiger partial charge in [-0.3, -0.25) is 0 Å². The van der Waals surface area contributed by atoms with Crippen molar-refractivity contribution in [1.29, 1.82) is 0 Å². The lowest BCUT2D eigenvalue weighted by molar-refractivity contribution is -0.316. The molecule has 7 heteroatoms. The topological polar surface area (TPSA) is 55.8 Å². The van der Waals surface area contributed by atoms with Crippen LogP contribution in [0.5, 0.6) is 5.75 Å². The van der Waals surface area contributed by atoms with Gasteiger partial charge in [0, 0.05) is 5.56 Å². The average Bonchev–Trinajstić information content (AvgIpc) is 2.40. The first-order valence-electron chi connectivity index (χ1n) is 6.00. The average molecular weight is 302 g/mol. The Labute approximate surface area is 118 Å². The lowest BCUT2D eigenvalue weighted by Crippen LogP contribution is -2.55. The van der Waals surface area contributed by atoms with Gasteiger partial charge < -0.3 is 14.6 Å². The van der Waals surface area contributed by atoms with Crippen LogP contribution >= 0.6 is 0 Å². The van der Waals surface area contributed by atoms with Crippen molar-refractivity contribution in [3.63, 3.8) is 0 Å². The molecule has 0 aromatic heterocycles. The molecule has 0 radical (unpaired) electrons. The first-order chi connectivity index (χ1) is 9.61. The van der Waals surface area contributed by atoms with Crippen LogP contribution in [0.1, 0.15) is 16.7 Å². The normalized spacial score (nSPS) is 21.2. The molecule has 1 aromatic rings. The molecule has 2 rings (SSSR count). The van der Waals surface area contributed by atoms with E-state index in [9.17, 15) is 23.1 Å². The number of fused-ring (bicyclic) bond motifs is 1. The zero-order chi connectivity index (χ0) is 16.0. The van der Waals surface area contributed by atoms with E-state index < -0.39 is 23.5 Å². The van der Waals surface area contributed by atoms with Gasteiger partial charge in [0.05, 0.1) is 7.11 Å². The number of hydrogen-bond donors (Lipinski definition) is 1. The van der Waals surface area contributed by atoms with Gasteiger partial charge in [0.1, 0.15) is 11.3 Å². The predicted molar refractivity (Wildman–Crippen MR) is 67.5 cm³/mol. The molecule has 114 valence electrons. The second kappa shape index (κ2) is 4.77. The molecule has 0 bridgehead atoms. The Morgan fingerprint density at radius 1 is 1.29 bits per heavy atom. The number of aliphatic hydroxyl groups is 1. The lowest BCUT2D eigenvalue weighted by Gasteiger charge is -2.36. The van der Waals surface area contributed by atoms with Crippen molar-refractivity contribution in [3.8, 4) is 5.75 Å². The summed E-state index contributed by atoms with van der Waals surface area (Å²) < 4.78 is 48.6. The number of esters is 1. The molecule has 1 atom stereocenters. The second-order valence-corrected chi connectivity index (χ2v) is 4.74.